The van der Waals surface area contributed by atoms with Crippen LogP contribution in [-0.4, -0.2) is 16.6 Å². The molecule has 0 aliphatic carbocycles. The Hall–Kier alpha value is -2.82. The molecule has 10 heteroatoms. The van der Waals surface area contributed by atoms with Crippen molar-refractivity contribution in [1.82, 2.24) is 9.55 Å². The van der Waals surface area contributed by atoms with E-state index in [4.69, 9.17) is 4.42 Å². The Morgan fingerprint density at radius 2 is 2.09 bits per heavy atom. The number of hydrogen-bond acceptors (Lipinski definition) is 6. The highest BCUT2D eigenvalue weighted by Gasteiger charge is 2.16. The highest BCUT2D eigenvalue weighted by molar-refractivity contribution is 7.19. The second-order valence-electron chi connectivity index (χ2n) is 7.30. The Kier molecular flexibility index (Phi) is 6.51. The molecule has 3 aromatic heterocycles. The van der Waals surface area contributed by atoms with Crippen molar-refractivity contribution in [2.75, 3.05) is 11.9 Å². The summed E-state index contributed by atoms with van der Waals surface area (Å²) in [6.45, 7) is 2.50. The Morgan fingerprint density at radius 1 is 1.27 bits per heavy atom. The molecule has 0 N–H and O–H groups in total. The molecule has 4 heterocycles. The molecule has 0 spiro atoms. The van der Waals surface area contributed by atoms with Gasteiger partial charge in [-0.25, -0.2) is 4.39 Å². The molecule has 170 valence electrons. The Balaban J connectivity index is 0.00000259. The first-order valence-corrected chi connectivity index (χ1v) is 11.7. The quantitative estimate of drug-likeness (QED) is 0.277. The third-order valence-electron chi connectivity index (χ3n) is 5.25. The number of aromatic nitrogens is 3. The highest BCUT2D eigenvalue weighted by Crippen LogP contribution is 2.21. The summed E-state index contributed by atoms with van der Waals surface area (Å²) in [5, 5.41) is 0.941. The number of rotatable bonds is 3. The van der Waals surface area contributed by atoms with Crippen molar-refractivity contribution in [3.63, 3.8) is 0 Å². The Labute approximate surface area is 206 Å². The van der Waals surface area contributed by atoms with Crippen molar-refractivity contribution in [2.24, 2.45) is 7.05 Å². The van der Waals surface area contributed by atoms with Crippen LogP contribution in [-0.2, 0) is 13.6 Å². The van der Waals surface area contributed by atoms with Gasteiger partial charge in [-0.05, 0) is 37.3 Å². The summed E-state index contributed by atoms with van der Waals surface area (Å²) in [5.74, 6) is 0.478. The van der Waals surface area contributed by atoms with E-state index >= 15 is 0 Å². The van der Waals surface area contributed by atoms with Crippen molar-refractivity contribution in [3.05, 3.63) is 71.8 Å². The molecule has 0 unspecified atom stereocenters. The topological polar surface area (TPSA) is 55.2 Å². The predicted molar refractivity (Wildman–Crippen MR) is 127 cm³/mol. The first-order chi connectivity index (χ1) is 15.4. The summed E-state index contributed by atoms with van der Waals surface area (Å²) in [5.41, 5.74) is 1.90. The molecule has 0 atom stereocenters. The van der Waals surface area contributed by atoms with E-state index in [0.29, 0.717) is 22.0 Å². The van der Waals surface area contributed by atoms with E-state index in [-0.39, 0.29) is 28.4 Å². The molecule has 0 amide bonds. The zero-order valence-electron chi connectivity index (χ0n) is 18.1. The van der Waals surface area contributed by atoms with Crippen molar-refractivity contribution < 1.29 is 30.4 Å². The Bertz CT molecular complexity index is 1690. The minimum atomic E-state index is -0.265. The van der Waals surface area contributed by atoms with Gasteiger partial charge in [-0.15, -0.1) is 11.3 Å². The van der Waals surface area contributed by atoms with Gasteiger partial charge in [-0.1, -0.05) is 11.3 Å². The summed E-state index contributed by atoms with van der Waals surface area (Å²) in [7, 11) is 3.81. The summed E-state index contributed by atoms with van der Waals surface area (Å²) >= 11 is 2.97. The number of nitrogens with zero attached hydrogens (tertiary/aromatic N) is 4. The molecule has 1 aliphatic heterocycles. The maximum atomic E-state index is 13.7. The van der Waals surface area contributed by atoms with Crippen LogP contribution < -0.4 is 52.2 Å². The van der Waals surface area contributed by atoms with Crippen LogP contribution in [0.2, 0.25) is 0 Å². The van der Waals surface area contributed by atoms with Gasteiger partial charge < -0.3 is 26.3 Å². The molecule has 0 bridgehead atoms. The average Bonchev–Trinajstić information content (AvgIpc) is 3.42. The van der Waals surface area contributed by atoms with Crippen LogP contribution in [0.4, 0.5) is 10.2 Å². The molecular weight excluding hydrogens is 527 g/mol. The van der Waals surface area contributed by atoms with Crippen LogP contribution in [0.25, 0.3) is 34.5 Å². The van der Waals surface area contributed by atoms with Crippen LogP contribution in [0.3, 0.4) is 0 Å². The number of allylic oxidation sites excluding steroid dienone is 1. The number of fused-ring (bicyclic) bond motifs is 2. The van der Waals surface area contributed by atoms with Gasteiger partial charge in [0.1, 0.15) is 22.2 Å². The van der Waals surface area contributed by atoms with E-state index in [1.807, 2.05) is 54.9 Å². The number of benzene rings is 1. The summed E-state index contributed by atoms with van der Waals surface area (Å²) in [6, 6.07) is 4.77. The van der Waals surface area contributed by atoms with Gasteiger partial charge in [0.2, 0.25) is 11.1 Å². The molecule has 4 aromatic rings. The molecular formula is C23H20BrFN4O2S2. The van der Waals surface area contributed by atoms with Gasteiger partial charge in [0.15, 0.2) is 11.2 Å². The number of thiazole rings is 2. The van der Waals surface area contributed by atoms with E-state index in [1.54, 1.807) is 34.1 Å². The fraction of sp³-hybridized carbons (Fsp3) is 0.174. The molecule has 1 aliphatic rings. The normalized spacial score (nSPS) is 14.7. The fourth-order valence-corrected chi connectivity index (χ4v) is 5.77. The zero-order chi connectivity index (χ0) is 22.4. The number of halogens is 2. The predicted octanol–water partition coefficient (Wildman–Crippen LogP) is -2.07. The fourth-order valence-electron chi connectivity index (χ4n) is 3.58. The summed E-state index contributed by atoms with van der Waals surface area (Å²) < 4.78 is 25.5. The maximum Gasteiger partial charge on any atom is 0.269 e. The standard InChI is InChI=1S/C23H20FN4O2S2.BrH/c1-4-28-21(13-20-27(3)15-12-14(24)7-8-17(15)31-20)32-18(23(28)29)9-10-19-25-22-16(30-19)6-5-11-26(22)2;/h5-13H,4H2,1-3H3;1H/q+1;/p-1/b18-9-,19-10+;. The molecule has 0 saturated heterocycles. The largest absolute Gasteiger partial charge is 1.00 e. The minimum absolute atomic E-state index is 0. The third-order valence-corrected chi connectivity index (χ3v) is 7.49. The SMILES string of the molecule is CCn1c(=O)/c(=C/C=c2\nc3c(o2)=CC=CN3C)s/c1=C\c1sc2ccc(F)cc2[n+]1C.[Br-]. The maximum absolute atomic E-state index is 13.7. The molecule has 1 aromatic carbocycles. The summed E-state index contributed by atoms with van der Waals surface area (Å²) in [6.07, 6.45) is 11.1. The van der Waals surface area contributed by atoms with E-state index < -0.39 is 0 Å². The zero-order valence-corrected chi connectivity index (χ0v) is 21.3. The molecule has 0 saturated carbocycles. The van der Waals surface area contributed by atoms with Crippen LogP contribution in [0.5, 0.6) is 0 Å². The van der Waals surface area contributed by atoms with Crippen LogP contribution in [0.15, 0.2) is 39.7 Å². The van der Waals surface area contributed by atoms with Gasteiger partial charge in [-0.2, -0.15) is 9.55 Å². The molecule has 5 rings (SSSR count). The minimum Gasteiger partial charge on any atom is -1.00 e. The second kappa shape index (κ2) is 9.20. The van der Waals surface area contributed by atoms with Crippen molar-refractivity contribution in [3.8, 4) is 0 Å². The summed E-state index contributed by atoms with van der Waals surface area (Å²) in [4.78, 5) is 19.3. The van der Waals surface area contributed by atoms with Gasteiger partial charge >= 0.3 is 0 Å². The smallest absolute Gasteiger partial charge is 0.269 e. The third kappa shape index (κ3) is 4.25. The molecule has 6 nitrogen and oxygen atoms in total. The monoisotopic (exact) mass is 546 g/mol. The first-order valence-electron chi connectivity index (χ1n) is 10.0. The second-order valence-corrected chi connectivity index (χ2v) is 9.43. The number of aryl methyl sites for hydroxylation is 1. The molecule has 0 fully saturated rings. The van der Waals surface area contributed by atoms with Gasteiger partial charge in [0, 0.05) is 31.9 Å². The number of hydrogen-bond donors (Lipinski definition) is 0. The van der Waals surface area contributed by atoms with E-state index in [9.17, 15) is 9.18 Å². The number of anilines is 1. The van der Waals surface area contributed by atoms with Crippen molar-refractivity contribution in [2.45, 2.75) is 13.5 Å². The van der Waals surface area contributed by atoms with E-state index in [2.05, 4.69) is 4.98 Å². The molecule has 0 radical (unpaired) electrons. The van der Waals surface area contributed by atoms with Gasteiger partial charge in [-0.3, -0.25) is 9.36 Å². The lowest BCUT2D eigenvalue weighted by Gasteiger charge is -2.10. The molecule has 33 heavy (non-hydrogen) atoms. The van der Waals surface area contributed by atoms with Gasteiger partial charge in [0.25, 0.3) is 10.6 Å². The lowest BCUT2D eigenvalue weighted by Crippen LogP contribution is -3.00. The van der Waals surface area contributed by atoms with Crippen LogP contribution in [0.1, 0.15) is 11.9 Å². The average molecular weight is 547 g/mol. The van der Waals surface area contributed by atoms with Crippen LogP contribution in [0, 0.1) is 5.82 Å². The first kappa shape index (κ1) is 23.3. The lowest BCUT2D eigenvalue weighted by molar-refractivity contribution is -0.642. The highest BCUT2D eigenvalue weighted by atomic mass is 79.9. The lowest BCUT2D eigenvalue weighted by atomic mass is 10.3. The van der Waals surface area contributed by atoms with Crippen molar-refractivity contribution in [1.29, 1.82) is 0 Å². The van der Waals surface area contributed by atoms with Crippen molar-refractivity contribution >= 4 is 63.0 Å². The Morgan fingerprint density at radius 3 is 2.85 bits per heavy atom. The van der Waals surface area contributed by atoms with Gasteiger partial charge in [0.05, 0.1) is 10.6 Å². The van der Waals surface area contributed by atoms with E-state index in [1.165, 1.54) is 23.5 Å². The number of oxazole rings is 1. The van der Waals surface area contributed by atoms with E-state index in [0.717, 1.165) is 25.7 Å². The van der Waals surface area contributed by atoms with Crippen LogP contribution >= 0.6 is 22.7 Å².